The Labute approximate surface area is 141 Å². The molecule has 1 aromatic carbocycles. The molecule has 23 heavy (non-hydrogen) atoms. The zero-order valence-electron chi connectivity index (χ0n) is 12.8. The van der Waals surface area contributed by atoms with Crippen molar-refractivity contribution < 1.29 is 4.79 Å². The van der Waals surface area contributed by atoms with E-state index in [-0.39, 0.29) is 5.91 Å². The molecule has 3 nitrogen and oxygen atoms in total. The van der Waals surface area contributed by atoms with Crippen LogP contribution in [0.5, 0.6) is 0 Å². The number of benzene rings is 1. The Morgan fingerprint density at radius 3 is 2.74 bits per heavy atom. The standard InChI is InChI=1S/C19H19ClN2O/c20-18-6-5-16(22-7-1-2-8-22)11-17(18)19(23)21-12-15-10-13-3-4-14(15)9-13/h1-8,11,13-15H,9-10,12H2,(H,21,23)/t13-,14+,15+/m0/s1. The lowest BCUT2D eigenvalue weighted by Gasteiger charge is -2.19. The van der Waals surface area contributed by atoms with Crippen LogP contribution in [0, 0.1) is 17.8 Å². The first-order chi connectivity index (χ1) is 11.2. The number of nitrogens with one attached hydrogen (secondary N) is 1. The summed E-state index contributed by atoms with van der Waals surface area (Å²) in [6.07, 6.45) is 11.0. The summed E-state index contributed by atoms with van der Waals surface area (Å²) in [4.78, 5) is 12.5. The van der Waals surface area contributed by atoms with Gasteiger partial charge in [0, 0.05) is 24.6 Å². The first-order valence-electron chi connectivity index (χ1n) is 8.10. The quantitative estimate of drug-likeness (QED) is 0.844. The molecule has 2 bridgehead atoms. The molecule has 0 spiro atoms. The molecule has 118 valence electrons. The Balaban J connectivity index is 1.47. The van der Waals surface area contributed by atoms with Crippen LogP contribution in [0.1, 0.15) is 23.2 Å². The summed E-state index contributed by atoms with van der Waals surface area (Å²) in [5, 5.41) is 3.56. The predicted molar refractivity (Wildman–Crippen MR) is 92.0 cm³/mol. The normalized spacial score (nSPS) is 25.0. The highest BCUT2D eigenvalue weighted by Gasteiger charge is 2.35. The molecule has 1 N–H and O–H groups in total. The summed E-state index contributed by atoms with van der Waals surface area (Å²) in [6.45, 7) is 0.731. The third-order valence-electron chi connectivity index (χ3n) is 5.04. The van der Waals surface area contributed by atoms with Crippen molar-refractivity contribution in [3.8, 4) is 5.69 Å². The van der Waals surface area contributed by atoms with E-state index in [9.17, 15) is 4.79 Å². The molecule has 1 heterocycles. The Kier molecular flexibility index (Phi) is 3.74. The smallest absolute Gasteiger partial charge is 0.252 e. The van der Waals surface area contributed by atoms with E-state index < -0.39 is 0 Å². The zero-order valence-corrected chi connectivity index (χ0v) is 13.5. The van der Waals surface area contributed by atoms with E-state index >= 15 is 0 Å². The second kappa shape index (κ2) is 5.89. The Hall–Kier alpha value is -2.00. The van der Waals surface area contributed by atoms with Crippen LogP contribution in [0.15, 0.2) is 54.9 Å². The topological polar surface area (TPSA) is 34.0 Å². The first-order valence-corrected chi connectivity index (χ1v) is 8.48. The number of carbonyl (C=O) groups is 1. The highest BCUT2D eigenvalue weighted by Crippen LogP contribution is 2.43. The van der Waals surface area contributed by atoms with Crippen LogP contribution < -0.4 is 5.32 Å². The third-order valence-corrected chi connectivity index (χ3v) is 5.37. The second-order valence-corrected chi connectivity index (χ2v) is 6.91. The van der Waals surface area contributed by atoms with E-state index in [1.165, 1.54) is 12.8 Å². The molecule has 0 aliphatic heterocycles. The van der Waals surface area contributed by atoms with Crippen LogP contribution in [-0.2, 0) is 0 Å². The Bertz CT molecular complexity index is 751. The van der Waals surface area contributed by atoms with Gasteiger partial charge in [-0.3, -0.25) is 4.79 Å². The van der Waals surface area contributed by atoms with Gasteiger partial charge in [0.1, 0.15) is 0 Å². The molecule has 2 aliphatic rings. The summed E-state index contributed by atoms with van der Waals surface area (Å²) in [5.41, 5.74) is 1.48. The number of rotatable bonds is 4. The molecular weight excluding hydrogens is 308 g/mol. The van der Waals surface area contributed by atoms with Gasteiger partial charge in [0.15, 0.2) is 0 Å². The highest BCUT2D eigenvalue weighted by atomic mass is 35.5. The van der Waals surface area contributed by atoms with Crippen molar-refractivity contribution in [3.05, 3.63) is 65.5 Å². The van der Waals surface area contributed by atoms with Crippen molar-refractivity contribution in [1.82, 2.24) is 9.88 Å². The van der Waals surface area contributed by atoms with Crippen LogP contribution in [-0.4, -0.2) is 17.0 Å². The minimum atomic E-state index is -0.0873. The summed E-state index contributed by atoms with van der Waals surface area (Å²) in [6, 6.07) is 9.46. The van der Waals surface area contributed by atoms with Gasteiger partial charge >= 0.3 is 0 Å². The van der Waals surface area contributed by atoms with Gasteiger partial charge in [-0.05, 0) is 60.9 Å². The predicted octanol–water partition coefficient (Wildman–Crippen LogP) is 4.07. The van der Waals surface area contributed by atoms with Gasteiger partial charge in [-0.15, -0.1) is 0 Å². The zero-order chi connectivity index (χ0) is 15.8. The number of halogens is 1. The lowest BCUT2D eigenvalue weighted by atomic mass is 9.93. The van der Waals surface area contributed by atoms with E-state index in [1.807, 2.05) is 41.2 Å². The first kappa shape index (κ1) is 14.6. The lowest BCUT2D eigenvalue weighted by Crippen LogP contribution is -2.31. The highest BCUT2D eigenvalue weighted by molar-refractivity contribution is 6.33. The molecule has 2 aliphatic carbocycles. The summed E-state index contributed by atoms with van der Waals surface area (Å²) < 4.78 is 1.97. The van der Waals surface area contributed by atoms with Gasteiger partial charge in [0.2, 0.25) is 0 Å². The fourth-order valence-electron chi connectivity index (χ4n) is 3.80. The van der Waals surface area contributed by atoms with Gasteiger partial charge in [-0.25, -0.2) is 0 Å². The van der Waals surface area contributed by atoms with E-state index in [4.69, 9.17) is 11.6 Å². The summed E-state index contributed by atoms with van der Waals surface area (Å²) in [5.74, 6) is 1.85. The number of aromatic nitrogens is 1. The van der Waals surface area contributed by atoms with Gasteiger partial charge in [-0.1, -0.05) is 23.8 Å². The van der Waals surface area contributed by atoms with Gasteiger partial charge < -0.3 is 9.88 Å². The Morgan fingerprint density at radius 2 is 2.04 bits per heavy atom. The maximum Gasteiger partial charge on any atom is 0.252 e. The fraction of sp³-hybridized carbons (Fsp3) is 0.316. The van der Waals surface area contributed by atoms with E-state index in [1.54, 1.807) is 6.07 Å². The molecular formula is C19H19ClN2O. The molecule has 1 aromatic heterocycles. The summed E-state index contributed by atoms with van der Waals surface area (Å²) in [7, 11) is 0. The molecule has 0 radical (unpaired) electrons. The third kappa shape index (κ3) is 2.81. The van der Waals surface area contributed by atoms with Crippen LogP contribution >= 0.6 is 11.6 Å². The molecule has 1 amide bonds. The number of allylic oxidation sites excluding steroid dienone is 2. The second-order valence-electron chi connectivity index (χ2n) is 6.50. The van der Waals surface area contributed by atoms with Crippen molar-refractivity contribution in [3.63, 3.8) is 0 Å². The van der Waals surface area contributed by atoms with Crippen molar-refractivity contribution in [2.75, 3.05) is 6.54 Å². The Morgan fingerprint density at radius 1 is 1.22 bits per heavy atom. The van der Waals surface area contributed by atoms with Gasteiger partial charge in [0.25, 0.3) is 5.91 Å². The van der Waals surface area contributed by atoms with Crippen LogP contribution in [0.2, 0.25) is 5.02 Å². The van der Waals surface area contributed by atoms with Gasteiger partial charge in [-0.2, -0.15) is 0 Å². The maximum atomic E-state index is 12.5. The van der Waals surface area contributed by atoms with Crippen LogP contribution in [0.4, 0.5) is 0 Å². The van der Waals surface area contributed by atoms with Crippen LogP contribution in [0.25, 0.3) is 5.69 Å². The molecule has 1 saturated carbocycles. The molecule has 4 heteroatoms. The van der Waals surface area contributed by atoms with E-state index in [2.05, 4.69) is 17.5 Å². The van der Waals surface area contributed by atoms with Gasteiger partial charge in [0.05, 0.1) is 10.6 Å². The number of fused-ring (bicyclic) bond motifs is 2. The molecule has 3 atom stereocenters. The number of hydrogen-bond acceptors (Lipinski definition) is 1. The SMILES string of the molecule is O=C(NC[C@H]1C[C@H]2C=C[C@@H]1C2)c1cc(-n2cccc2)ccc1Cl. The van der Waals surface area contributed by atoms with Crippen LogP contribution in [0.3, 0.4) is 0 Å². The van der Waals surface area contributed by atoms with Crippen molar-refractivity contribution >= 4 is 17.5 Å². The molecule has 1 fully saturated rings. The molecule has 4 rings (SSSR count). The van der Waals surface area contributed by atoms with E-state index in [0.717, 1.165) is 18.2 Å². The van der Waals surface area contributed by atoms with E-state index in [0.29, 0.717) is 22.4 Å². The fourth-order valence-corrected chi connectivity index (χ4v) is 4.01. The van der Waals surface area contributed by atoms with Crippen molar-refractivity contribution in [2.24, 2.45) is 17.8 Å². The monoisotopic (exact) mass is 326 g/mol. The molecule has 2 aromatic rings. The van der Waals surface area contributed by atoms with Crippen molar-refractivity contribution in [1.29, 1.82) is 0 Å². The average Bonchev–Trinajstić information content (AvgIpc) is 3.30. The molecule has 0 saturated heterocycles. The minimum Gasteiger partial charge on any atom is -0.352 e. The number of amides is 1. The number of carbonyl (C=O) groups excluding carboxylic acids is 1. The summed E-state index contributed by atoms with van der Waals surface area (Å²) >= 11 is 6.23. The molecule has 0 unspecified atom stereocenters. The average molecular weight is 327 g/mol. The minimum absolute atomic E-state index is 0.0873. The van der Waals surface area contributed by atoms with Crippen molar-refractivity contribution in [2.45, 2.75) is 12.8 Å². The number of nitrogens with zero attached hydrogens (tertiary/aromatic N) is 1. The maximum absolute atomic E-state index is 12.5. The lowest BCUT2D eigenvalue weighted by molar-refractivity contribution is 0.0945. The number of hydrogen-bond donors (Lipinski definition) is 1. The largest absolute Gasteiger partial charge is 0.352 e.